The molecule has 0 unspecified atom stereocenters. The number of ether oxygens (including phenoxy) is 2. The first kappa shape index (κ1) is 20.9. The third-order valence-corrected chi connectivity index (χ3v) is 9.22. The van der Waals surface area contributed by atoms with Gasteiger partial charge in [0.25, 0.3) is 0 Å². The van der Waals surface area contributed by atoms with E-state index >= 15 is 0 Å². The molecule has 0 aromatic heterocycles. The number of rotatable bonds is 6. The molecule has 0 atom stereocenters. The molecule has 0 saturated carbocycles. The molecule has 0 radical (unpaired) electrons. The maximum Gasteiger partial charge on any atom is 0.127 e. The Balaban J connectivity index is 1.46. The van der Waals surface area contributed by atoms with Crippen LogP contribution in [0, 0.1) is 13.8 Å². The third kappa shape index (κ3) is 5.07. The van der Waals surface area contributed by atoms with Crippen molar-refractivity contribution in [3.05, 3.63) is 108 Å². The maximum absolute atomic E-state index is 5.99. The van der Waals surface area contributed by atoms with E-state index in [4.69, 9.17) is 9.47 Å². The van der Waals surface area contributed by atoms with Crippen LogP contribution in [-0.4, -0.2) is 8.07 Å². The summed E-state index contributed by atoms with van der Waals surface area (Å²) >= 11 is 0. The molecule has 4 rings (SSSR count). The molecule has 0 saturated heterocycles. The van der Waals surface area contributed by atoms with Crippen molar-refractivity contribution in [3.63, 3.8) is 0 Å². The Bertz CT molecular complexity index is 1030. The van der Waals surface area contributed by atoms with Gasteiger partial charge in [-0.25, -0.2) is 0 Å². The van der Waals surface area contributed by atoms with Crippen LogP contribution < -0.4 is 19.8 Å². The zero-order valence-electron chi connectivity index (χ0n) is 18.6. The lowest BCUT2D eigenvalue weighted by Gasteiger charge is -2.24. The van der Waals surface area contributed by atoms with E-state index in [-0.39, 0.29) is 0 Å². The quantitative estimate of drug-likeness (QED) is 0.320. The van der Waals surface area contributed by atoms with Crippen molar-refractivity contribution >= 4 is 18.4 Å². The summed E-state index contributed by atoms with van der Waals surface area (Å²) in [6, 6.07) is 33.3. The minimum Gasteiger partial charge on any atom is -0.457 e. The molecule has 4 aromatic carbocycles. The standard InChI is InChI=1S/C28H28O2Si/c1-21-5-9-23(10-6-21)29-25-13-17-27(18-14-25)31(3,4)28-19-15-26(16-20-28)30-24-11-7-22(2)8-12-24/h5-20H,1-4H3. The van der Waals surface area contributed by atoms with Gasteiger partial charge in [0.1, 0.15) is 31.1 Å². The van der Waals surface area contributed by atoms with Crippen LogP contribution in [0.2, 0.25) is 13.1 Å². The summed E-state index contributed by atoms with van der Waals surface area (Å²) in [4.78, 5) is 0. The minimum atomic E-state index is -1.81. The molecule has 0 heterocycles. The average molecular weight is 425 g/mol. The van der Waals surface area contributed by atoms with Crippen LogP contribution in [0.1, 0.15) is 11.1 Å². The molecular formula is C28H28O2Si. The summed E-state index contributed by atoms with van der Waals surface area (Å²) in [6.07, 6.45) is 0. The highest BCUT2D eigenvalue weighted by Gasteiger charge is 2.26. The number of hydrogen-bond donors (Lipinski definition) is 0. The van der Waals surface area contributed by atoms with Gasteiger partial charge in [0.15, 0.2) is 0 Å². The van der Waals surface area contributed by atoms with Crippen molar-refractivity contribution < 1.29 is 9.47 Å². The van der Waals surface area contributed by atoms with E-state index in [2.05, 4.69) is 99.7 Å². The minimum absolute atomic E-state index is 0.860. The van der Waals surface area contributed by atoms with Gasteiger partial charge in [0.2, 0.25) is 0 Å². The zero-order valence-corrected chi connectivity index (χ0v) is 19.6. The highest BCUT2D eigenvalue weighted by molar-refractivity contribution is 7.00. The molecular weight excluding hydrogens is 396 g/mol. The first-order valence-corrected chi connectivity index (χ1v) is 13.6. The molecule has 31 heavy (non-hydrogen) atoms. The van der Waals surface area contributed by atoms with Crippen molar-refractivity contribution in [1.82, 2.24) is 0 Å². The second-order valence-corrected chi connectivity index (χ2v) is 12.9. The van der Waals surface area contributed by atoms with Crippen LogP contribution in [0.15, 0.2) is 97.1 Å². The van der Waals surface area contributed by atoms with Gasteiger partial charge < -0.3 is 9.47 Å². The molecule has 156 valence electrons. The summed E-state index contributed by atoms with van der Waals surface area (Å²) in [6.45, 7) is 8.90. The summed E-state index contributed by atoms with van der Waals surface area (Å²) < 4.78 is 12.0. The summed E-state index contributed by atoms with van der Waals surface area (Å²) in [5, 5.41) is 2.74. The highest BCUT2D eigenvalue weighted by Crippen LogP contribution is 2.23. The molecule has 0 aliphatic carbocycles. The predicted molar refractivity (Wildman–Crippen MR) is 132 cm³/mol. The molecule has 0 spiro atoms. The van der Waals surface area contributed by atoms with Crippen molar-refractivity contribution in [3.8, 4) is 23.0 Å². The Morgan fingerprint density at radius 1 is 0.419 bits per heavy atom. The third-order valence-electron chi connectivity index (χ3n) is 5.67. The van der Waals surface area contributed by atoms with Crippen LogP contribution in [0.5, 0.6) is 23.0 Å². The Morgan fingerprint density at radius 2 is 0.677 bits per heavy atom. The van der Waals surface area contributed by atoms with E-state index in [0.717, 1.165) is 23.0 Å². The van der Waals surface area contributed by atoms with E-state index < -0.39 is 8.07 Å². The summed E-state index contributed by atoms with van der Waals surface area (Å²) in [5.41, 5.74) is 2.46. The SMILES string of the molecule is Cc1ccc(Oc2ccc([Si](C)(C)c3ccc(Oc4ccc(C)cc4)cc3)cc2)cc1. The van der Waals surface area contributed by atoms with Crippen LogP contribution in [0.3, 0.4) is 0 Å². The predicted octanol–water partition coefficient (Wildman–Crippen LogP) is 6.71. The Labute approximate surface area is 186 Å². The van der Waals surface area contributed by atoms with E-state index in [1.54, 1.807) is 0 Å². The molecule has 3 heteroatoms. The van der Waals surface area contributed by atoms with Crippen LogP contribution >= 0.6 is 0 Å². The molecule has 4 aromatic rings. The van der Waals surface area contributed by atoms with Crippen LogP contribution in [0.25, 0.3) is 0 Å². The van der Waals surface area contributed by atoms with Gasteiger partial charge in [-0.2, -0.15) is 0 Å². The average Bonchev–Trinajstić information content (AvgIpc) is 2.78. The van der Waals surface area contributed by atoms with E-state index in [0.29, 0.717) is 0 Å². The monoisotopic (exact) mass is 424 g/mol. The van der Waals surface area contributed by atoms with E-state index in [1.165, 1.54) is 21.5 Å². The molecule has 0 bridgehead atoms. The molecule has 0 N–H and O–H groups in total. The fourth-order valence-electron chi connectivity index (χ4n) is 3.53. The van der Waals surface area contributed by atoms with Gasteiger partial charge in [0, 0.05) is 0 Å². The Hall–Kier alpha value is -3.30. The highest BCUT2D eigenvalue weighted by atomic mass is 28.3. The van der Waals surface area contributed by atoms with Gasteiger partial charge in [-0.05, 0) is 62.4 Å². The van der Waals surface area contributed by atoms with Gasteiger partial charge >= 0.3 is 0 Å². The molecule has 0 fully saturated rings. The summed E-state index contributed by atoms with van der Waals surface area (Å²) in [7, 11) is -1.81. The smallest absolute Gasteiger partial charge is 0.127 e. The number of aryl methyl sites for hydroxylation is 2. The van der Waals surface area contributed by atoms with E-state index in [1.807, 2.05) is 24.3 Å². The van der Waals surface area contributed by atoms with Crippen molar-refractivity contribution in [2.75, 3.05) is 0 Å². The lowest BCUT2D eigenvalue weighted by Crippen LogP contribution is -2.52. The normalized spacial score (nSPS) is 11.2. The van der Waals surface area contributed by atoms with Gasteiger partial charge in [0.05, 0.1) is 0 Å². The van der Waals surface area contributed by atoms with Crippen molar-refractivity contribution in [2.45, 2.75) is 26.9 Å². The number of hydrogen-bond acceptors (Lipinski definition) is 2. The first-order chi connectivity index (χ1) is 14.9. The molecule has 0 amide bonds. The largest absolute Gasteiger partial charge is 0.457 e. The first-order valence-electron chi connectivity index (χ1n) is 10.6. The van der Waals surface area contributed by atoms with Crippen molar-refractivity contribution in [2.24, 2.45) is 0 Å². The fourth-order valence-corrected chi connectivity index (χ4v) is 5.86. The topological polar surface area (TPSA) is 18.5 Å². The molecule has 2 nitrogen and oxygen atoms in total. The Morgan fingerprint density at radius 3 is 0.968 bits per heavy atom. The number of benzene rings is 4. The van der Waals surface area contributed by atoms with Crippen LogP contribution in [0.4, 0.5) is 0 Å². The molecule has 0 aliphatic rings. The van der Waals surface area contributed by atoms with Crippen LogP contribution in [-0.2, 0) is 0 Å². The van der Waals surface area contributed by atoms with Gasteiger partial charge in [-0.15, -0.1) is 0 Å². The van der Waals surface area contributed by atoms with E-state index in [9.17, 15) is 0 Å². The van der Waals surface area contributed by atoms with Crippen molar-refractivity contribution in [1.29, 1.82) is 0 Å². The second kappa shape index (κ2) is 8.82. The Kier molecular flexibility index (Phi) is 5.96. The lowest BCUT2D eigenvalue weighted by atomic mass is 10.2. The fraction of sp³-hybridized carbons (Fsp3) is 0.143. The zero-order chi connectivity index (χ0) is 21.8. The lowest BCUT2D eigenvalue weighted by molar-refractivity contribution is 0.482. The van der Waals surface area contributed by atoms with Gasteiger partial charge in [-0.3, -0.25) is 0 Å². The summed E-state index contributed by atoms with van der Waals surface area (Å²) in [5.74, 6) is 3.44. The maximum atomic E-state index is 5.99. The second-order valence-electron chi connectivity index (χ2n) is 8.50. The molecule has 0 aliphatic heterocycles. The van der Waals surface area contributed by atoms with Gasteiger partial charge in [-0.1, -0.05) is 83.1 Å².